The van der Waals surface area contributed by atoms with Gasteiger partial charge in [-0.1, -0.05) is 37.6 Å². The molecule has 0 heterocycles. The molecule has 4 heteroatoms. The Labute approximate surface area is 121 Å². The Morgan fingerprint density at radius 1 is 1.30 bits per heavy atom. The van der Waals surface area contributed by atoms with Crippen molar-refractivity contribution < 1.29 is 9.90 Å². The number of nitrogens with two attached hydrogens (primary N) is 1. The van der Waals surface area contributed by atoms with Gasteiger partial charge in [-0.05, 0) is 30.9 Å². The highest BCUT2D eigenvalue weighted by molar-refractivity contribution is 5.78. The molecule has 0 aromatic heterocycles. The largest absolute Gasteiger partial charge is 0.392 e. The molecule has 0 saturated carbocycles. The highest BCUT2D eigenvalue weighted by Crippen LogP contribution is 2.10. The van der Waals surface area contributed by atoms with Gasteiger partial charge in [0.25, 0.3) is 0 Å². The number of rotatable bonds is 8. The van der Waals surface area contributed by atoms with Crippen LogP contribution in [0, 0.1) is 5.92 Å². The Balaban J connectivity index is 2.34. The van der Waals surface area contributed by atoms with E-state index >= 15 is 0 Å². The van der Waals surface area contributed by atoms with Crippen molar-refractivity contribution >= 4 is 5.91 Å². The summed E-state index contributed by atoms with van der Waals surface area (Å²) in [5.74, 6) is 0.0823. The van der Waals surface area contributed by atoms with E-state index in [1.165, 1.54) is 0 Å². The SMILES string of the molecule is CC(N)CCCC(C)C(=O)NCc1cccc(CO)c1. The molecule has 0 fully saturated rings. The smallest absolute Gasteiger partial charge is 0.223 e. The maximum Gasteiger partial charge on any atom is 0.223 e. The summed E-state index contributed by atoms with van der Waals surface area (Å²) in [7, 11) is 0. The van der Waals surface area contributed by atoms with E-state index in [1.807, 2.05) is 38.1 Å². The summed E-state index contributed by atoms with van der Waals surface area (Å²) >= 11 is 0. The van der Waals surface area contributed by atoms with E-state index in [9.17, 15) is 4.79 Å². The molecule has 0 aliphatic carbocycles. The highest BCUT2D eigenvalue weighted by Gasteiger charge is 2.12. The van der Waals surface area contributed by atoms with Crippen LogP contribution in [0.5, 0.6) is 0 Å². The summed E-state index contributed by atoms with van der Waals surface area (Å²) in [6.45, 7) is 4.46. The van der Waals surface area contributed by atoms with E-state index in [2.05, 4.69) is 5.32 Å². The summed E-state index contributed by atoms with van der Waals surface area (Å²) < 4.78 is 0. The van der Waals surface area contributed by atoms with E-state index in [-0.39, 0.29) is 24.5 Å². The molecule has 2 unspecified atom stereocenters. The lowest BCUT2D eigenvalue weighted by atomic mass is 10.0. The normalized spacial score (nSPS) is 13.8. The molecule has 1 aromatic carbocycles. The van der Waals surface area contributed by atoms with Crippen LogP contribution in [0.25, 0.3) is 0 Å². The lowest BCUT2D eigenvalue weighted by Crippen LogP contribution is -2.29. The van der Waals surface area contributed by atoms with Crippen LogP contribution in [0.3, 0.4) is 0 Å². The fourth-order valence-electron chi connectivity index (χ4n) is 2.08. The van der Waals surface area contributed by atoms with Gasteiger partial charge in [0.2, 0.25) is 5.91 Å². The summed E-state index contributed by atoms with van der Waals surface area (Å²) in [5, 5.41) is 12.0. The molecule has 1 amide bonds. The number of aliphatic hydroxyl groups is 1. The fraction of sp³-hybridized carbons (Fsp3) is 0.562. The van der Waals surface area contributed by atoms with Gasteiger partial charge in [-0.15, -0.1) is 0 Å². The number of amides is 1. The van der Waals surface area contributed by atoms with E-state index < -0.39 is 0 Å². The molecule has 112 valence electrons. The van der Waals surface area contributed by atoms with Crippen LogP contribution in [-0.2, 0) is 17.9 Å². The van der Waals surface area contributed by atoms with E-state index in [4.69, 9.17) is 10.8 Å². The van der Waals surface area contributed by atoms with Crippen LogP contribution in [-0.4, -0.2) is 17.1 Å². The predicted molar refractivity (Wildman–Crippen MR) is 80.9 cm³/mol. The third-order valence-corrected chi connectivity index (χ3v) is 3.38. The van der Waals surface area contributed by atoms with Gasteiger partial charge < -0.3 is 16.2 Å². The molecule has 2 atom stereocenters. The highest BCUT2D eigenvalue weighted by atomic mass is 16.3. The molecule has 0 bridgehead atoms. The van der Waals surface area contributed by atoms with Crippen molar-refractivity contribution in [2.75, 3.05) is 0 Å². The molecule has 0 saturated heterocycles. The Morgan fingerprint density at radius 3 is 2.65 bits per heavy atom. The summed E-state index contributed by atoms with van der Waals surface area (Å²) in [6, 6.07) is 7.80. The zero-order chi connectivity index (χ0) is 15.0. The van der Waals surface area contributed by atoms with Crippen LogP contribution in [0.2, 0.25) is 0 Å². The molecule has 1 aromatic rings. The van der Waals surface area contributed by atoms with Gasteiger partial charge in [0.15, 0.2) is 0 Å². The van der Waals surface area contributed by atoms with Gasteiger partial charge in [-0.3, -0.25) is 4.79 Å². The number of nitrogens with one attached hydrogen (secondary N) is 1. The Kier molecular flexibility index (Phi) is 7.26. The Hall–Kier alpha value is -1.39. The molecule has 0 aliphatic heterocycles. The van der Waals surface area contributed by atoms with Crippen LogP contribution in [0.4, 0.5) is 0 Å². The van der Waals surface area contributed by atoms with Crippen LogP contribution in [0.15, 0.2) is 24.3 Å². The minimum atomic E-state index is 0.00905. The topological polar surface area (TPSA) is 75.4 Å². The second kappa shape index (κ2) is 8.72. The third-order valence-electron chi connectivity index (χ3n) is 3.38. The third kappa shape index (κ3) is 6.17. The standard InChI is InChI=1S/C16H26N2O2/c1-12(5-3-6-13(2)17)16(20)18-10-14-7-4-8-15(9-14)11-19/h4,7-9,12-13,19H,3,5-6,10-11,17H2,1-2H3,(H,18,20). The first-order chi connectivity index (χ1) is 9.52. The molecule has 4 nitrogen and oxygen atoms in total. The molecule has 0 aliphatic rings. The summed E-state index contributed by atoms with van der Waals surface area (Å²) in [6.07, 6.45) is 2.80. The first-order valence-electron chi connectivity index (χ1n) is 7.25. The summed E-state index contributed by atoms with van der Waals surface area (Å²) in [5.41, 5.74) is 7.57. The van der Waals surface area contributed by atoms with Crippen molar-refractivity contribution in [1.82, 2.24) is 5.32 Å². The number of carbonyl (C=O) groups excluding carboxylic acids is 1. The minimum Gasteiger partial charge on any atom is -0.392 e. The van der Waals surface area contributed by atoms with Gasteiger partial charge in [0.05, 0.1) is 6.61 Å². The molecular formula is C16H26N2O2. The predicted octanol–water partition coefficient (Wildman–Crippen LogP) is 1.95. The Morgan fingerprint density at radius 2 is 2.00 bits per heavy atom. The first kappa shape index (κ1) is 16.7. The van der Waals surface area contributed by atoms with Gasteiger partial charge in [0.1, 0.15) is 0 Å². The molecule has 0 radical (unpaired) electrons. The number of aliphatic hydroxyl groups excluding tert-OH is 1. The monoisotopic (exact) mass is 278 g/mol. The number of hydrogen-bond acceptors (Lipinski definition) is 3. The average molecular weight is 278 g/mol. The number of hydrogen-bond donors (Lipinski definition) is 3. The van der Waals surface area contributed by atoms with Crippen molar-refractivity contribution in [2.45, 2.75) is 52.3 Å². The van der Waals surface area contributed by atoms with E-state index in [1.54, 1.807) is 0 Å². The zero-order valence-corrected chi connectivity index (χ0v) is 12.4. The first-order valence-corrected chi connectivity index (χ1v) is 7.25. The zero-order valence-electron chi connectivity index (χ0n) is 12.4. The Bertz CT molecular complexity index is 419. The number of carbonyl (C=O) groups is 1. The van der Waals surface area contributed by atoms with Crippen LogP contribution < -0.4 is 11.1 Å². The summed E-state index contributed by atoms with van der Waals surface area (Å²) in [4.78, 5) is 12.0. The average Bonchev–Trinajstić information content (AvgIpc) is 2.44. The van der Waals surface area contributed by atoms with Gasteiger partial charge in [-0.2, -0.15) is 0 Å². The number of benzene rings is 1. The quantitative estimate of drug-likeness (QED) is 0.680. The van der Waals surface area contributed by atoms with Crippen molar-refractivity contribution in [3.05, 3.63) is 35.4 Å². The van der Waals surface area contributed by atoms with Crippen molar-refractivity contribution in [3.8, 4) is 0 Å². The molecule has 1 rings (SSSR count). The van der Waals surface area contributed by atoms with E-state index in [0.717, 1.165) is 30.4 Å². The molecule has 20 heavy (non-hydrogen) atoms. The molecule has 0 spiro atoms. The van der Waals surface area contributed by atoms with Crippen molar-refractivity contribution in [2.24, 2.45) is 11.7 Å². The lowest BCUT2D eigenvalue weighted by molar-refractivity contribution is -0.124. The molecule has 4 N–H and O–H groups in total. The van der Waals surface area contributed by atoms with Crippen molar-refractivity contribution in [1.29, 1.82) is 0 Å². The van der Waals surface area contributed by atoms with Crippen LogP contribution in [0.1, 0.15) is 44.2 Å². The van der Waals surface area contributed by atoms with Crippen molar-refractivity contribution in [3.63, 3.8) is 0 Å². The minimum absolute atomic E-state index is 0.00905. The van der Waals surface area contributed by atoms with Gasteiger partial charge in [-0.25, -0.2) is 0 Å². The lowest BCUT2D eigenvalue weighted by Gasteiger charge is -2.13. The second-order valence-electron chi connectivity index (χ2n) is 5.51. The van der Waals surface area contributed by atoms with Gasteiger partial charge >= 0.3 is 0 Å². The maximum atomic E-state index is 12.0. The van der Waals surface area contributed by atoms with Gasteiger partial charge in [0, 0.05) is 18.5 Å². The second-order valence-corrected chi connectivity index (χ2v) is 5.51. The fourth-order valence-corrected chi connectivity index (χ4v) is 2.08. The maximum absolute atomic E-state index is 12.0. The van der Waals surface area contributed by atoms with E-state index in [0.29, 0.717) is 6.54 Å². The molecular weight excluding hydrogens is 252 g/mol. The van der Waals surface area contributed by atoms with Crippen LogP contribution >= 0.6 is 0 Å².